The second kappa shape index (κ2) is 12.7. The molecule has 0 amide bonds. The number of hydrogen-bond donors (Lipinski definition) is 3. The van der Waals surface area contributed by atoms with E-state index in [4.69, 9.17) is 5.26 Å². The molecule has 0 unspecified atom stereocenters. The zero-order valence-corrected chi connectivity index (χ0v) is 24.6. The predicted molar refractivity (Wildman–Crippen MR) is 160 cm³/mol. The Labute approximate surface area is 257 Å². The van der Waals surface area contributed by atoms with Crippen molar-refractivity contribution in [3.63, 3.8) is 0 Å². The van der Waals surface area contributed by atoms with Crippen LogP contribution in [0.3, 0.4) is 0 Å². The van der Waals surface area contributed by atoms with Gasteiger partial charge in [0.2, 0.25) is 0 Å². The van der Waals surface area contributed by atoms with Crippen LogP contribution >= 0.6 is 12.0 Å². The smallest absolute Gasteiger partial charge is 0.282 e. The minimum absolute atomic E-state index is 0.105. The molecular weight excluding hydrogens is 655 g/mol. The Morgan fingerprint density at radius 1 is 0.689 bits per heavy atom. The highest BCUT2D eigenvalue weighted by Gasteiger charge is 2.18. The Morgan fingerprint density at radius 3 is 1.96 bits per heavy atom. The van der Waals surface area contributed by atoms with Crippen LogP contribution in [0, 0.1) is 10.1 Å². The number of rotatable bonds is 10. The van der Waals surface area contributed by atoms with Gasteiger partial charge in [-0.3, -0.25) is 19.2 Å². The van der Waals surface area contributed by atoms with E-state index in [1.165, 1.54) is 72.8 Å². The van der Waals surface area contributed by atoms with Gasteiger partial charge >= 0.3 is 0 Å². The molecule has 0 atom stereocenters. The van der Waals surface area contributed by atoms with Crippen LogP contribution in [0.25, 0.3) is 21.5 Å². The molecule has 5 aromatic rings. The fourth-order valence-electron chi connectivity index (χ4n) is 4.16. The molecule has 0 saturated carbocycles. The maximum atomic E-state index is 12.1. The number of non-ortho nitro benzene ring substituents is 1. The van der Waals surface area contributed by atoms with Gasteiger partial charge in [0, 0.05) is 33.2 Å². The number of nitrogens with zero attached hydrogens (tertiary/aromatic N) is 5. The van der Waals surface area contributed by atoms with Crippen LogP contribution in [0.5, 0.6) is 0 Å². The molecule has 230 valence electrons. The van der Waals surface area contributed by atoms with E-state index in [2.05, 4.69) is 29.8 Å². The van der Waals surface area contributed by atoms with Crippen LogP contribution in [-0.4, -0.2) is 36.1 Å². The largest absolute Gasteiger partial charge is 0.295 e. The van der Waals surface area contributed by atoms with E-state index < -0.39 is 35.0 Å². The number of nitro benzene ring substituents is 1. The number of hydrogen-bond acceptors (Lipinski definition) is 14. The lowest BCUT2D eigenvalue weighted by Crippen LogP contribution is -1.99. The van der Waals surface area contributed by atoms with Crippen molar-refractivity contribution in [3.8, 4) is 0 Å². The molecule has 0 aromatic heterocycles. The first kappa shape index (κ1) is 31.7. The third kappa shape index (κ3) is 7.33. The molecule has 0 aliphatic carbocycles. The Hall–Kier alpha value is -4.73. The van der Waals surface area contributed by atoms with Crippen molar-refractivity contribution < 1.29 is 45.5 Å². The van der Waals surface area contributed by atoms with E-state index in [1.807, 2.05) is 0 Å². The minimum Gasteiger partial charge on any atom is -0.282 e. The second-order valence-corrected chi connectivity index (χ2v) is 12.6. The van der Waals surface area contributed by atoms with Gasteiger partial charge in [0.05, 0.1) is 44.6 Å². The normalized spacial score (nSPS) is 12.5. The van der Waals surface area contributed by atoms with Gasteiger partial charge in [-0.15, -0.1) is 14.6 Å². The fraction of sp³-hybridized carbons (Fsp3) is 0. The number of nitro groups is 1. The van der Waals surface area contributed by atoms with Gasteiger partial charge in [-0.1, -0.05) is 17.2 Å². The van der Waals surface area contributed by atoms with Crippen molar-refractivity contribution in [1.29, 1.82) is 0 Å². The molecular formula is C26H17N5O11S3. The number of azo groups is 2. The highest BCUT2D eigenvalue weighted by molar-refractivity contribution is 7.94. The van der Waals surface area contributed by atoms with Crippen molar-refractivity contribution in [3.05, 3.63) is 95.0 Å². The quantitative estimate of drug-likeness (QED) is 0.0324. The zero-order chi connectivity index (χ0) is 32.4. The summed E-state index contributed by atoms with van der Waals surface area (Å²) in [4.78, 5) is 9.64. The maximum Gasteiger partial charge on any atom is 0.295 e. The number of benzene rings is 5. The molecule has 0 fully saturated rings. The van der Waals surface area contributed by atoms with Crippen LogP contribution in [0.2, 0.25) is 0 Å². The third-order valence-electron chi connectivity index (χ3n) is 6.16. The summed E-state index contributed by atoms with van der Waals surface area (Å²) >= 11 is 0.504. The van der Waals surface area contributed by atoms with Gasteiger partial charge in [0.15, 0.2) is 0 Å². The van der Waals surface area contributed by atoms with Crippen LogP contribution in [0.4, 0.5) is 28.4 Å². The van der Waals surface area contributed by atoms with Crippen molar-refractivity contribution in [2.24, 2.45) is 20.5 Å². The molecule has 0 bridgehead atoms. The first-order valence-electron chi connectivity index (χ1n) is 12.2. The molecule has 0 saturated heterocycles. The van der Waals surface area contributed by atoms with E-state index in [0.717, 1.165) is 12.1 Å². The molecule has 0 radical (unpaired) electrons. The fourth-order valence-corrected chi connectivity index (χ4v) is 5.92. The van der Waals surface area contributed by atoms with E-state index in [1.54, 1.807) is 0 Å². The average Bonchev–Trinajstić information content (AvgIpc) is 3.00. The number of fused-ring (bicyclic) bond motifs is 2. The maximum absolute atomic E-state index is 12.1. The summed E-state index contributed by atoms with van der Waals surface area (Å²) in [6, 6.07) is 19.0. The molecule has 45 heavy (non-hydrogen) atoms. The predicted octanol–water partition coefficient (Wildman–Crippen LogP) is 7.65. The molecule has 0 aliphatic heterocycles. The van der Waals surface area contributed by atoms with Crippen molar-refractivity contribution in [2.75, 3.05) is 0 Å². The van der Waals surface area contributed by atoms with Crippen molar-refractivity contribution in [2.45, 2.75) is 14.7 Å². The summed E-state index contributed by atoms with van der Waals surface area (Å²) in [5.41, 5.74) is 0.750. The van der Waals surface area contributed by atoms with Crippen molar-refractivity contribution in [1.82, 2.24) is 0 Å². The summed E-state index contributed by atoms with van der Waals surface area (Å²) in [6.07, 6.45) is 0. The molecule has 5 aromatic carbocycles. The highest BCUT2D eigenvalue weighted by Crippen LogP contribution is 2.38. The van der Waals surface area contributed by atoms with E-state index in [-0.39, 0.29) is 44.1 Å². The van der Waals surface area contributed by atoms with E-state index in [9.17, 15) is 36.1 Å². The van der Waals surface area contributed by atoms with Crippen LogP contribution in [-0.2, 0) is 29.6 Å². The van der Waals surface area contributed by atoms with Gasteiger partial charge in [0.25, 0.3) is 25.9 Å². The Morgan fingerprint density at radius 2 is 1.33 bits per heavy atom. The van der Waals surface area contributed by atoms with Gasteiger partial charge < -0.3 is 0 Å². The molecule has 0 heterocycles. The SMILES string of the molecule is O=[N+]([O-])c1ccc(N=Nc2ccc(N=Nc3ccc4cc(SOOO)cc(S(=O)(=O)O)c4c3)c3ccc(S(=O)(=O)O)cc23)cc1. The lowest BCUT2D eigenvalue weighted by atomic mass is 10.1. The van der Waals surface area contributed by atoms with Crippen LogP contribution < -0.4 is 0 Å². The molecule has 19 heteroatoms. The van der Waals surface area contributed by atoms with Gasteiger partial charge in [-0.25, -0.2) is 5.26 Å². The summed E-state index contributed by atoms with van der Waals surface area (Å²) in [7, 11) is -9.30. The summed E-state index contributed by atoms with van der Waals surface area (Å²) in [6.45, 7) is 0. The lowest BCUT2D eigenvalue weighted by molar-refractivity contribution is -0.432. The van der Waals surface area contributed by atoms with E-state index in [0.29, 0.717) is 22.8 Å². The van der Waals surface area contributed by atoms with Crippen molar-refractivity contribution >= 4 is 82.3 Å². The zero-order valence-electron chi connectivity index (χ0n) is 22.2. The molecule has 0 aliphatic rings. The molecule has 5 rings (SSSR count). The standard InChI is InChI=1S/C26H17N5O11S3/c32-31(33)18-5-3-16(4-6-18)27-30-25-10-9-24(21-8-7-20(14-23(21)25)44(35,36)37)29-28-17-2-1-15-11-19(43-42-41-34)13-26(22(15)12-17)45(38,39)40/h1-14,34H,(H,35,36,37)(H,38,39,40). The molecule has 3 N–H and O–H groups in total. The summed E-state index contributed by atoms with van der Waals surface area (Å²) in [5, 5.41) is 40.5. The topological polar surface area (TPSA) is 240 Å². The lowest BCUT2D eigenvalue weighted by Gasteiger charge is -2.08. The Bertz CT molecular complexity index is 2240. The minimum atomic E-state index is -4.71. The monoisotopic (exact) mass is 671 g/mol. The van der Waals surface area contributed by atoms with E-state index >= 15 is 0 Å². The Balaban J connectivity index is 1.56. The summed E-state index contributed by atoms with van der Waals surface area (Å²) < 4.78 is 71.6. The first-order valence-corrected chi connectivity index (χ1v) is 15.8. The highest BCUT2D eigenvalue weighted by atomic mass is 32.2. The summed E-state index contributed by atoms with van der Waals surface area (Å²) in [5.74, 6) is 0. The molecule has 0 spiro atoms. The van der Waals surface area contributed by atoms with Gasteiger partial charge in [-0.05, 0) is 66.0 Å². The second-order valence-electron chi connectivity index (χ2n) is 8.99. The third-order valence-corrected chi connectivity index (χ3v) is 8.46. The van der Waals surface area contributed by atoms with Gasteiger partial charge in [0.1, 0.15) is 4.90 Å². The van der Waals surface area contributed by atoms with Gasteiger partial charge in [-0.2, -0.15) is 27.1 Å². The average molecular weight is 672 g/mol. The molecule has 16 nitrogen and oxygen atoms in total. The first-order chi connectivity index (χ1) is 21.3. The Kier molecular flexibility index (Phi) is 8.95. The van der Waals surface area contributed by atoms with Crippen LogP contribution in [0.15, 0.2) is 120 Å². The van der Waals surface area contributed by atoms with Crippen LogP contribution in [0.1, 0.15) is 0 Å².